The summed E-state index contributed by atoms with van der Waals surface area (Å²) in [6.45, 7) is 4.35. The molecule has 0 saturated heterocycles. The lowest BCUT2D eigenvalue weighted by Gasteiger charge is -2.10. The van der Waals surface area contributed by atoms with E-state index in [1.165, 1.54) is 17.4 Å². The first-order valence-electron chi connectivity index (χ1n) is 9.33. The minimum absolute atomic E-state index is 0.0954. The van der Waals surface area contributed by atoms with Gasteiger partial charge >= 0.3 is 0 Å². The van der Waals surface area contributed by atoms with Gasteiger partial charge in [-0.3, -0.25) is 4.79 Å². The molecule has 0 aliphatic heterocycles. The molecule has 2 aromatic carbocycles. The van der Waals surface area contributed by atoms with E-state index in [1.54, 1.807) is 30.3 Å². The summed E-state index contributed by atoms with van der Waals surface area (Å²) in [6.07, 6.45) is 7.16. The Labute approximate surface area is 168 Å². The van der Waals surface area contributed by atoms with E-state index in [1.807, 2.05) is 19.1 Å². The average molecular weight is 399 g/mol. The molecular weight excluding hydrogens is 375 g/mol. The third-order valence-corrected chi connectivity index (χ3v) is 5.13. The van der Waals surface area contributed by atoms with Gasteiger partial charge in [0.25, 0.3) is 5.91 Å². The van der Waals surface area contributed by atoms with Crippen LogP contribution in [0.3, 0.4) is 0 Å². The van der Waals surface area contributed by atoms with Crippen LogP contribution in [-0.2, 0) is 0 Å². The first-order valence-corrected chi connectivity index (χ1v) is 10.1. The van der Waals surface area contributed by atoms with Crippen LogP contribution in [-0.4, -0.2) is 17.5 Å². The predicted molar refractivity (Wildman–Crippen MR) is 113 cm³/mol. The molecule has 146 valence electrons. The normalized spacial score (nSPS) is 11.2. The van der Waals surface area contributed by atoms with Crippen LogP contribution in [0.1, 0.15) is 41.6 Å². The molecule has 1 amide bonds. The minimum Gasteiger partial charge on any atom is -0.486 e. The molecule has 28 heavy (non-hydrogen) atoms. The maximum atomic E-state index is 14.7. The highest BCUT2D eigenvalue weighted by molar-refractivity contribution is 7.18. The summed E-state index contributed by atoms with van der Waals surface area (Å²) in [5, 5.41) is 3.57. The van der Waals surface area contributed by atoms with Crippen LogP contribution < -0.4 is 10.1 Å². The quantitative estimate of drug-likeness (QED) is 0.367. The number of anilines is 1. The molecule has 4 nitrogen and oxygen atoms in total. The molecule has 0 fully saturated rings. The first kappa shape index (κ1) is 20.0. The Hall–Kier alpha value is -2.73. The highest BCUT2D eigenvalue weighted by atomic mass is 32.1. The summed E-state index contributed by atoms with van der Waals surface area (Å²) in [4.78, 5) is 16.9. The number of rotatable bonds is 8. The average Bonchev–Trinajstić information content (AvgIpc) is 3.06. The third kappa shape index (κ3) is 4.95. The SMILES string of the molecule is CCCCC=CCOc1cccc(NC(=O)c2ccc3nc(C)sc3c2)c1F. The van der Waals surface area contributed by atoms with Crippen LogP contribution in [0.2, 0.25) is 0 Å². The zero-order valence-corrected chi connectivity index (χ0v) is 16.8. The lowest BCUT2D eigenvalue weighted by atomic mass is 10.2. The number of thiazole rings is 1. The van der Waals surface area contributed by atoms with Crippen molar-refractivity contribution in [2.24, 2.45) is 0 Å². The lowest BCUT2D eigenvalue weighted by molar-refractivity contribution is 0.102. The number of allylic oxidation sites excluding steroid dienone is 1. The minimum atomic E-state index is -0.576. The van der Waals surface area contributed by atoms with Crippen molar-refractivity contribution in [2.45, 2.75) is 33.1 Å². The third-order valence-electron chi connectivity index (χ3n) is 4.20. The summed E-state index contributed by atoms with van der Waals surface area (Å²) in [7, 11) is 0. The number of carbonyl (C=O) groups excluding carboxylic acids is 1. The van der Waals surface area contributed by atoms with Crippen LogP contribution in [0.4, 0.5) is 10.1 Å². The van der Waals surface area contributed by atoms with Crippen molar-refractivity contribution in [1.29, 1.82) is 0 Å². The van der Waals surface area contributed by atoms with Gasteiger partial charge < -0.3 is 10.1 Å². The number of unbranched alkanes of at least 4 members (excludes halogenated alkanes) is 2. The maximum absolute atomic E-state index is 14.7. The summed E-state index contributed by atoms with van der Waals surface area (Å²) in [5.41, 5.74) is 1.41. The molecule has 1 heterocycles. The number of benzene rings is 2. The molecular formula is C22H23FN2O2S. The van der Waals surface area contributed by atoms with Crippen molar-refractivity contribution in [1.82, 2.24) is 4.98 Å². The van der Waals surface area contributed by atoms with Crippen LogP contribution in [0, 0.1) is 12.7 Å². The van der Waals surface area contributed by atoms with Gasteiger partial charge in [0.2, 0.25) is 0 Å². The molecule has 3 rings (SSSR count). The largest absolute Gasteiger partial charge is 0.486 e. The number of ether oxygens (including phenoxy) is 1. The molecule has 0 saturated carbocycles. The number of nitrogens with one attached hydrogen (secondary N) is 1. The molecule has 0 bridgehead atoms. The van der Waals surface area contributed by atoms with E-state index in [2.05, 4.69) is 17.2 Å². The highest BCUT2D eigenvalue weighted by Crippen LogP contribution is 2.26. The monoisotopic (exact) mass is 398 g/mol. The Bertz CT molecular complexity index is 997. The standard InChI is InChI=1S/C22H23FN2O2S/c1-3-4-5-6-7-13-27-19-10-8-9-18(21(19)23)25-22(26)16-11-12-17-20(14-16)28-15(2)24-17/h6-12,14H,3-5,13H2,1-2H3,(H,25,26). The van der Waals surface area contributed by atoms with Crippen LogP contribution >= 0.6 is 11.3 Å². The number of aromatic nitrogens is 1. The van der Waals surface area contributed by atoms with Gasteiger partial charge in [-0.25, -0.2) is 9.37 Å². The van der Waals surface area contributed by atoms with Gasteiger partial charge in [-0.1, -0.05) is 38.0 Å². The smallest absolute Gasteiger partial charge is 0.255 e. The second-order valence-electron chi connectivity index (χ2n) is 6.41. The molecule has 0 aliphatic rings. The van der Waals surface area contributed by atoms with Crippen LogP contribution in [0.25, 0.3) is 10.2 Å². The molecule has 3 aromatic rings. The fourth-order valence-electron chi connectivity index (χ4n) is 2.74. The van der Waals surface area contributed by atoms with E-state index in [0.29, 0.717) is 12.2 Å². The Kier molecular flexibility index (Phi) is 6.76. The number of fused-ring (bicyclic) bond motifs is 1. The van der Waals surface area contributed by atoms with E-state index in [0.717, 1.165) is 34.5 Å². The number of nitrogens with zero attached hydrogens (tertiary/aromatic N) is 1. The zero-order valence-electron chi connectivity index (χ0n) is 16.0. The Balaban J connectivity index is 1.67. The fraction of sp³-hybridized carbons (Fsp3) is 0.273. The molecule has 6 heteroatoms. The number of hydrogen-bond donors (Lipinski definition) is 1. The number of aryl methyl sites for hydroxylation is 1. The van der Waals surface area contributed by atoms with Gasteiger partial charge in [-0.15, -0.1) is 11.3 Å². The lowest BCUT2D eigenvalue weighted by Crippen LogP contribution is -2.13. The second-order valence-corrected chi connectivity index (χ2v) is 7.65. The van der Waals surface area contributed by atoms with Gasteiger partial charge in [0.05, 0.1) is 20.9 Å². The molecule has 0 radical (unpaired) electrons. The summed E-state index contributed by atoms with van der Waals surface area (Å²) >= 11 is 1.52. The van der Waals surface area contributed by atoms with Gasteiger partial charge in [0, 0.05) is 5.56 Å². The first-order chi connectivity index (χ1) is 13.6. The Morgan fingerprint density at radius 2 is 2.14 bits per heavy atom. The van der Waals surface area contributed by atoms with E-state index >= 15 is 0 Å². The molecule has 0 unspecified atom stereocenters. The number of halogens is 1. The Morgan fingerprint density at radius 3 is 2.96 bits per heavy atom. The van der Waals surface area contributed by atoms with Crippen molar-refractivity contribution < 1.29 is 13.9 Å². The molecule has 0 atom stereocenters. The topological polar surface area (TPSA) is 51.2 Å². The van der Waals surface area contributed by atoms with E-state index in [9.17, 15) is 9.18 Å². The fourth-order valence-corrected chi connectivity index (χ4v) is 3.61. The zero-order chi connectivity index (χ0) is 19.9. The second kappa shape index (κ2) is 9.46. The van der Waals surface area contributed by atoms with Crippen molar-refractivity contribution in [3.63, 3.8) is 0 Å². The van der Waals surface area contributed by atoms with Crippen molar-refractivity contribution in [3.8, 4) is 5.75 Å². The van der Waals surface area contributed by atoms with Crippen molar-refractivity contribution in [3.05, 3.63) is 64.9 Å². The molecule has 0 aliphatic carbocycles. The van der Waals surface area contributed by atoms with Crippen LogP contribution in [0.15, 0.2) is 48.6 Å². The van der Waals surface area contributed by atoms with Gasteiger partial charge in [0.15, 0.2) is 11.6 Å². The number of hydrogen-bond acceptors (Lipinski definition) is 4. The van der Waals surface area contributed by atoms with E-state index in [4.69, 9.17) is 4.74 Å². The summed E-state index contributed by atoms with van der Waals surface area (Å²) < 4.78 is 21.1. The molecule has 1 aromatic heterocycles. The van der Waals surface area contributed by atoms with E-state index < -0.39 is 5.82 Å². The van der Waals surface area contributed by atoms with Gasteiger partial charge in [0.1, 0.15) is 6.61 Å². The van der Waals surface area contributed by atoms with Crippen molar-refractivity contribution >= 4 is 33.1 Å². The summed E-state index contributed by atoms with van der Waals surface area (Å²) in [6, 6.07) is 9.99. The number of carbonyl (C=O) groups is 1. The van der Waals surface area contributed by atoms with Crippen molar-refractivity contribution in [2.75, 3.05) is 11.9 Å². The molecule has 1 N–H and O–H groups in total. The predicted octanol–water partition coefficient (Wildman–Crippen LogP) is 6.12. The van der Waals surface area contributed by atoms with Gasteiger partial charge in [-0.2, -0.15) is 0 Å². The maximum Gasteiger partial charge on any atom is 0.255 e. The highest BCUT2D eigenvalue weighted by Gasteiger charge is 2.14. The van der Waals surface area contributed by atoms with Crippen LogP contribution in [0.5, 0.6) is 5.75 Å². The molecule has 0 spiro atoms. The van der Waals surface area contributed by atoms with Gasteiger partial charge in [-0.05, 0) is 43.7 Å². The summed E-state index contributed by atoms with van der Waals surface area (Å²) in [5.74, 6) is -0.831. The van der Waals surface area contributed by atoms with E-state index in [-0.39, 0.29) is 17.3 Å². The number of amides is 1. The Morgan fingerprint density at radius 1 is 1.29 bits per heavy atom.